The third kappa shape index (κ3) is 7.61. The molecule has 0 saturated heterocycles. The van der Waals surface area contributed by atoms with Crippen molar-refractivity contribution in [2.24, 2.45) is 0 Å². The zero-order valence-electron chi connectivity index (χ0n) is 15.2. The van der Waals surface area contributed by atoms with Crippen LogP contribution in [0.2, 0.25) is 0 Å². The van der Waals surface area contributed by atoms with Crippen LogP contribution in [0.25, 0.3) is 0 Å². The van der Waals surface area contributed by atoms with Gasteiger partial charge in [-0.3, -0.25) is 9.78 Å². The van der Waals surface area contributed by atoms with Crippen molar-refractivity contribution < 1.29 is 19.1 Å². The van der Waals surface area contributed by atoms with E-state index in [-0.39, 0.29) is 11.9 Å². The van der Waals surface area contributed by atoms with Crippen LogP contribution in [-0.2, 0) is 20.7 Å². The average molecular weight is 343 g/mol. The largest absolute Gasteiger partial charge is 0.466 e. The summed E-state index contributed by atoms with van der Waals surface area (Å²) in [4.78, 5) is 26.2. The average Bonchev–Trinajstić information content (AvgIpc) is 2.56. The Kier molecular flexibility index (Phi) is 8.93. The van der Waals surface area contributed by atoms with Crippen LogP contribution in [0.3, 0.4) is 0 Å². The van der Waals surface area contributed by atoms with E-state index in [1.807, 2.05) is 45.0 Å². The van der Waals surface area contributed by atoms with Crippen LogP contribution in [0.4, 0.5) is 0 Å². The molecule has 2 rings (SSSR count). The molecule has 0 bridgehead atoms. The zero-order chi connectivity index (χ0) is 18.7. The van der Waals surface area contributed by atoms with E-state index >= 15 is 0 Å². The molecular formula is C20H25NO4. The molecule has 1 aromatic carbocycles. The van der Waals surface area contributed by atoms with Crippen molar-refractivity contribution in [1.29, 1.82) is 0 Å². The number of pyridine rings is 1. The Morgan fingerprint density at radius 3 is 2.36 bits per heavy atom. The van der Waals surface area contributed by atoms with Gasteiger partial charge in [0.25, 0.3) is 0 Å². The SMILES string of the molecule is CCOC(=O)Cc1cccc(C)c1.CCOC(=O)c1ccncc1C. The van der Waals surface area contributed by atoms with Gasteiger partial charge in [0.05, 0.1) is 25.2 Å². The first-order valence-electron chi connectivity index (χ1n) is 8.26. The Balaban J connectivity index is 0.000000251. The van der Waals surface area contributed by atoms with Crippen LogP contribution in [0.1, 0.15) is 40.9 Å². The lowest BCUT2D eigenvalue weighted by Gasteiger charge is -2.02. The van der Waals surface area contributed by atoms with Gasteiger partial charge in [-0.1, -0.05) is 29.8 Å². The third-order valence-corrected chi connectivity index (χ3v) is 3.25. The van der Waals surface area contributed by atoms with Crippen molar-refractivity contribution in [3.63, 3.8) is 0 Å². The van der Waals surface area contributed by atoms with Gasteiger partial charge in [-0.2, -0.15) is 0 Å². The topological polar surface area (TPSA) is 65.5 Å². The third-order valence-electron chi connectivity index (χ3n) is 3.25. The minimum Gasteiger partial charge on any atom is -0.466 e. The van der Waals surface area contributed by atoms with Crippen molar-refractivity contribution in [3.05, 3.63) is 65.0 Å². The molecule has 0 unspecified atom stereocenters. The molecule has 0 aliphatic rings. The van der Waals surface area contributed by atoms with Crippen LogP contribution in [0.15, 0.2) is 42.7 Å². The van der Waals surface area contributed by atoms with E-state index in [9.17, 15) is 9.59 Å². The van der Waals surface area contributed by atoms with Gasteiger partial charge in [-0.05, 0) is 44.9 Å². The maximum Gasteiger partial charge on any atom is 0.338 e. The number of hydrogen-bond acceptors (Lipinski definition) is 5. The Bertz CT molecular complexity index is 698. The summed E-state index contributed by atoms with van der Waals surface area (Å²) in [5.41, 5.74) is 3.61. The number of rotatable bonds is 5. The van der Waals surface area contributed by atoms with E-state index in [1.54, 1.807) is 25.4 Å². The lowest BCUT2D eigenvalue weighted by Crippen LogP contribution is -2.07. The van der Waals surface area contributed by atoms with Crippen molar-refractivity contribution in [1.82, 2.24) is 4.98 Å². The number of aryl methyl sites for hydroxylation is 2. The molecule has 5 nitrogen and oxygen atoms in total. The summed E-state index contributed by atoms with van der Waals surface area (Å²) in [6.07, 6.45) is 3.60. The highest BCUT2D eigenvalue weighted by Gasteiger charge is 2.08. The number of benzene rings is 1. The van der Waals surface area contributed by atoms with Crippen LogP contribution in [-0.4, -0.2) is 30.1 Å². The Labute approximate surface area is 149 Å². The first-order chi connectivity index (χ1) is 12.0. The number of carbonyl (C=O) groups excluding carboxylic acids is 2. The fraction of sp³-hybridized carbons (Fsp3) is 0.350. The Morgan fingerprint density at radius 1 is 1.04 bits per heavy atom. The number of hydrogen-bond donors (Lipinski definition) is 0. The smallest absolute Gasteiger partial charge is 0.338 e. The highest BCUT2D eigenvalue weighted by molar-refractivity contribution is 5.90. The highest BCUT2D eigenvalue weighted by Crippen LogP contribution is 2.06. The standard InChI is InChI=1S/C11H14O2.C9H11NO2/c1-3-13-11(12)8-10-6-4-5-9(2)7-10;1-3-12-9(11)8-4-5-10-6-7(8)2/h4-7H,3,8H2,1-2H3;4-6H,3H2,1-2H3. The lowest BCUT2D eigenvalue weighted by molar-refractivity contribution is -0.142. The molecule has 0 atom stereocenters. The molecule has 0 spiro atoms. The fourth-order valence-electron chi connectivity index (χ4n) is 2.11. The van der Waals surface area contributed by atoms with E-state index in [2.05, 4.69) is 4.98 Å². The van der Waals surface area contributed by atoms with Crippen LogP contribution in [0.5, 0.6) is 0 Å². The first kappa shape index (κ1) is 20.4. The molecule has 0 N–H and O–H groups in total. The van der Waals surface area contributed by atoms with Gasteiger partial charge < -0.3 is 9.47 Å². The predicted octanol–water partition coefficient (Wildman–Crippen LogP) is 3.67. The van der Waals surface area contributed by atoms with Gasteiger partial charge in [0.1, 0.15) is 0 Å². The zero-order valence-corrected chi connectivity index (χ0v) is 15.2. The molecule has 2 aromatic rings. The summed E-state index contributed by atoms with van der Waals surface area (Å²) < 4.78 is 9.69. The molecule has 0 saturated carbocycles. The maximum atomic E-state index is 11.2. The van der Waals surface area contributed by atoms with Crippen LogP contribution < -0.4 is 0 Å². The van der Waals surface area contributed by atoms with Gasteiger partial charge in [-0.15, -0.1) is 0 Å². The second-order valence-corrected chi connectivity index (χ2v) is 5.38. The highest BCUT2D eigenvalue weighted by atomic mass is 16.5. The molecule has 0 aliphatic heterocycles. The van der Waals surface area contributed by atoms with Gasteiger partial charge in [0.2, 0.25) is 0 Å². The molecule has 134 valence electrons. The summed E-state index contributed by atoms with van der Waals surface area (Å²) in [5.74, 6) is -0.439. The van der Waals surface area contributed by atoms with Crippen molar-refractivity contribution in [2.45, 2.75) is 34.1 Å². The van der Waals surface area contributed by atoms with Gasteiger partial charge in [0.15, 0.2) is 0 Å². The number of nitrogens with zero attached hydrogens (tertiary/aromatic N) is 1. The molecule has 0 aliphatic carbocycles. The van der Waals surface area contributed by atoms with E-state index in [0.717, 1.165) is 11.1 Å². The molecule has 1 heterocycles. The molecule has 1 aromatic heterocycles. The first-order valence-corrected chi connectivity index (χ1v) is 8.26. The fourth-order valence-corrected chi connectivity index (χ4v) is 2.11. The number of aromatic nitrogens is 1. The monoisotopic (exact) mass is 343 g/mol. The second-order valence-electron chi connectivity index (χ2n) is 5.38. The quantitative estimate of drug-likeness (QED) is 0.775. The molecule has 0 amide bonds. The second kappa shape index (κ2) is 11.0. The van der Waals surface area contributed by atoms with E-state index < -0.39 is 0 Å². The number of carbonyl (C=O) groups is 2. The van der Waals surface area contributed by atoms with Gasteiger partial charge in [-0.25, -0.2) is 4.79 Å². The molecule has 25 heavy (non-hydrogen) atoms. The Hall–Kier alpha value is -2.69. The van der Waals surface area contributed by atoms with Crippen molar-refractivity contribution in [2.75, 3.05) is 13.2 Å². The van der Waals surface area contributed by atoms with Crippen LogP contribution >= 0.6 is 0 Å². The minimum atomic E-state index is -0.280. The van der Waals surface area contributed by atoms with E-state index in [0.29, 0.717) is 25.2 Å². The minimum absolute atomic E-state index is 0.159. The van der Waals surface area contributed by atoms with E-state index in [1.165, 1.54) is 5.56 Å². The number of esters is 2. The normalized spacial score (nSPS) is 9.60. The summed E-state index contributed by atoms with van der Waals surface area (Å²) in [6.45, 7) is 8.29. The van der Waals surface area contributed by atoms with Crippen molar-refractivity contribution in [3.8, 4) is 0 Å². The predicted molar refractivity (Wildman–Crippen MR) is 96.4 cm³/mol. The summed E-state index contributed by atoms with van der Waals surface area (Å²) in [5, 5.41) is 0. The molecular weight excluding hydrogens is 318 g/mol. The van der Waals surface area contributed by atoms with Gasteiger partial charge >= 0.3 is 11.9 Å². The Morgan fingerprint density at radius 2 is 1.76 bits per heavy atom. The van der Waals surface area contributed by atoms with Crippen molar-refractivity contribution >= 4 is 11.9 Å². The summed E-state index contributed by atoms with van der Waals surface area (Å²) in [6, 6.07) is 9.55. The lowest BCUT2D eigenvalue weighted by atomic mass is 10.1. The van der Waals surface area contributed by atoms with Gasteiger partial charge in [0, 0.05) is 12.4 Å². The van der Waals surface area contributed by atoms with E-state index in [4.69, 9.17) is 9.47 Å². The number of ether oxygens (including phenoxy) is 2. The molecule has 0 radical (unpaired) electrons. The molecule has 5 heteroatoms. The maximum absolute atomic E-state index is 11.2. The molecule has 0 fully saturated rings. The summed E-state index contributed by atoms with van der Waals surface area (Å²) >= 11 is 0. The summed E-state index contributed by atoms with van der Waals surface area (Å²) in [7, 11) is 0. The van der Waals surface area contributed by atoms with Crippen LogP contribution in [0, 0.1) is 13.8 Å².